The maximum atomic E-state index is 11.9. The first-order chi connectivity index (χ1) is 26.9. The third-order valence-corrected chi connectivity index (χ3v) is 10.8. The fraction of sp³-hybridized carbons (Fsp3) is 0.476. The zero-order valence-corrected chi connectivity index (χ0v) is 32.5. The van der Waals surface area contributed by atoms with E-state index in [-0.39, 0.29) is 48.0 Å². The van der Waals surface area contributed by atoms with Crippen LogP contribution in [0.4, 0.5) is 32.6 Å². The average Bonchev–Trinajstić information content (AvgIpc) is 4.00. The number of nitrogens with one attached hydrogen (secondary N) is 6. The molecule has 4 aliphatic carbocycles. The highest BCUT2D eigenvalue weighted by Gasteiger charge is 2.31. The number of alkyl carbamates (subject to hydrolysis) is 2. The van der Waals surface area contributed by atoms with E-state index in [1.165, 1.54) is 0 Å². The zero-order valence-electron chi connectivity index (χ0n) is 32.5. The number of fused-ring (bicyclic) bond motifs is 2. The van der Waals surface area contributed by atoms with E-state index in [0.717, 1.165) is 108 Å². The Labute approximate surface area is 326 Å². The molecule has 0 unspecified atom stereocenters. The van der Waals surface area contributed by atoms with Crippen LogP contribution in [0, 0.1) is 0 Å². The third kappa shape index (κ3) is 9.58. The van der Waals surface area contributed by atoms with Crippen molar-refractivity contribution in [2.45, 2.75) is 128 Å². The Morgan fingerprint density at radius 1 is 0.625 bits per heavy atom. The lowest BCUT2D eigenvalue weighted by Gasteiger charge is -2.14. The quantitative estimate of drug-likeness (QED) is 0.0919. The van der Waals surface area contributed by atoms with Crippen LogP contribution < -0.4 is 21.3 Å². The number of aromatic nitrogens is 4. The van der Waals surface area contributed by atoms with Gasteiger partial charge in [0.05, 0.1) is 0 Å². The van der Waals surface area contributed by atoms with Crippen molar-refractivity contribution in [3.8, 4) is 0 Å². The highest BCUT2D eigenvalue weighted by Crippen LogP contribution is 2.38. The molecule has 0 bridgehead atoms. The molecule has 14 heteroatoms. The normalized spacial score (nSPS) is 21.0. The maximum absolute atomic E-state index is 11.9. The third-order valence-electron chi connectivity index (χ3n) is 10.8. The molecule has 14 nitrogen and oxygen atoms in total. The van der Waals surface area contributed by atoms with E-state index in [4.69, 9.17) is 9.47 Å². The summed E-state index contributed by atoms with van der Waals surface area (Å²) in [4.78, 5) is 47.2. The van der Waals surface area contributed by atoms with Crippen LogP contribution >= 0.6 is 0 Å². The number of ketones is 2. The minimum absolute atomic E-state index is 0.0577. The van der Waals surface area contributed by atoms with Crippen LogP contribution in [0.2, 0.25) is 0 Å². The summed E-state index contributed by atoms with van der Waals surface area (Å²) >= 11 is 0. The monoisotopic (exact) mass is 764 g/mol. The predicted molar refractivity (Wildman–Crippen MR) is 212 cm³/mol. The van der Waals surface area contributed by atoms with Gasteiger partial charge in [-0.25, -0.2) is 9.59 Å². The molecule has 2 saturated carbocycles. The summed E-state index contributed by atoms with van der Waals surface area (Å²) in [6.07, 6.45) is 7.25. The lowest BCUT2D eigenvalue weighted by Crippen LogP contribution is -2.33. The molecule has 2 fully saturated rings. The number of benzene rings is 2. The van der Waals surface area contributed by atoms with E-state index >= 15 is 0 Å². The maximum Gasteiger partial charge on any atom is 0.407 e. The van der Waals surface area contributed by atoms with Gasteiger partial charge in [-0.15, -0.1) is 0 Å². The van der Waals surface area contributed by atoms with Gasteiger partial charge in [-0.1, -0.05) is 6.07 Å². The number of hydrogen-bond acceptors (Lipinski definition) is 10. The summed E-state index contributed by atoms with van der Waals surface area (Å²) in [5.74, 6) is 2.51. The number of aromatic amines is 2. The smallest absolute Gasteiger partial charge is 0.407 e. The SMILES string of the molecule is CC(C)NC(=O)O[C@@H]1CC[C@H](c2cc(Nc3ccc4c(c3)C(=O)CC4)n[nH]2)C1.CC(C)NC(=O)O[C@@H]1CC[C@H](c2cc(Nc3ccc4c(c3)CCC4=O)n[nH]2)C1. The molecular weight excluding hydrogens is 713 g/mol. The highest BCUT2D eigenvalue weighted by atomic mass is 16.6. The summed E-state index contributed by atoms with van der Waals surface area (Å²) < 4.78 is 11.0. The molecule has 56 heavy (non-hydrogen) atoms. The molecule has 2 heterocycles. The van der Waals surface area contributed by atoms with E-state index in [0.29, 0.717) is 24.7 Å². The van der Waals surface area contributed by atoms with Crippen molar-refractivity contribution < 1.29 is 28.7 Å². The second-order valence-electron chi connectivity index (χ2n) is 15.9. The topological polar surface area (TPSA) is 192 Å². The van der Waals surface area contributed by atoms with Crippen LogP contribution in [0.3, 0.4) is 0 Å². The largest absolute Gasteiger partial charge is 0.446 e. The van der Waals surface area contributed by atoms with Gasteiger partial charge in [-0.2, -0.15) is 10.2 Å². The van der Waals surface area contributed by atoms with E-state index in [1.807, 2.05) is 76.2 Å². The molecule has 0 radical (unpaired) electrons. The number of H-pyrrole nitrogens is 2. The highest BCUT2D eigenvalue weighted by molar-refractivity contribution is 6.01. The van der Waals surface area contributed by atoms with E-state index in [1.54, 1.807) is 0 Å². The number of aryl methyl sites for hydroxylation is 2. The molecule has 2 amide bonds. The number of hydrogen-bond donors (Lipinski definition) is 6. The number of nitrogens with zero attached hydrogens (tertiary/aromatic N) is 2. The second kappa shape index (κ2) is 17.0. The number of amides is 2. The summed E-state index contributed by atoms with van der Waals surface area (Å²) in [7, 11) is 0. The average molecular weight is 765 g/mol. The van der Waals surface area contributed by atoms with Crippen LogP contribution in [-0.4, -0.2) is 68.4 Å². The summed E-state index contributed by atoms with van der Waals surface area (Å²) in [5, 5.41) is 27.0. The first-order valence-electron chi connectivity index (χ1n) is 19.9. The molecule has 4 aliphatic rings. The van der Waals surface area contributed by atoms with Gasteiger partial charge in [-0.05, 0) is 121 Å². The van der Waals surface area contributed by atoms with E-state index in [9.17, 15) is 19.2 Å². The van der Waals surface area contributed by atoms with Gasteiger partial charge in [0.2, 0.25) is 0 Å². The molecule has 0 spiro atoms. The molecule has 0 saturated heterocycles. The first-order valence-corrected chi connectivity index (χ1v) is 19.9. The lowest BCUT2D eigenvalue weighted by atomic mass is 10.0. The fourth-order valence-corrected chi connectivity index (χ4v) is 8.06. The molecule has 296 valence electrons. The molecule has 8 rings (SSSR count). The van der Waals surface area contributed by atoms with Crippen LogP contribution in [0.15, 0.2) is 48.5 Å². The molecule has 0 aliphatic heterocycles. The fourth-order valence-electron chi connectivity index (χ4n) is 8.06. The van der Waals surface area contributed by atoms with E-state index < -0.39 is 0 Å². The molecule has 4 aromatic rings. The van der Waals surface area contributed by atoms with Crippen LogP contribution in [0.1, 0.15) is 134 Å². The lowest BCUT2D eigenvalue weighted by molar-refractivity contribution is 0.0972. The van der Waals surface area contributed by atoms with Gasteiger partial charge < -0.3 is 30.7 Å². The molecule has 2 aromatic heterocycles. The summed E-state index contributed by atoms with van der Waals surface area (Å²) in [5.41, 5.74) is 7.76. The number of Topliss-reactive ketones (excluding diaryl/α,β-unsaturated/α-hetero) is 2. The van der Waals surface area contributed by atoms with E-state index in [2.05, 4.69) is 41.7 Å². The predicted octanol–water partition coefficient (Wildman–Crippen LogP) is 8.11. The summed E-state index contributed by atoms with van der Waals surface area (Å²) in [6.45, 7) is 7.65. The Morgan fingerprint density at radius 3 is 1.68 bits per heavy atom. The van der Waals surface area contributed by atoms with Crippen LogP contribution in [0.25, 0.3) is 0 Å². The molecular formula is C42H52N8O6. The number of ether oxygens (including phenoxy) is 2. The second-order valence-corrected chi connectivity index (χ2v) is 15.9. The van der Waals surface area contributed by atoms with Gasteiger partial charge in [-0.3, -0.25) is 19.8 Å². The van der Waals surface area contributed by atoms with Gasteiger partial charge in [0, 0.05) is 82.8 Å². The minimum Gasteiger partial charge on any atom is -0.446 e. The number of rotatable bonds is 10. The van der Waals surface area contributed by atoms with Gasteiger partial charge in [0.25, 0.3) is 0 Å². The zero-order chi connectivity index (χ0) is 39.3. The van der Waals surface area contributed by atoms with Gasteiger partial charge >= 0.3 is 12.2 Å². The van der Waals surface area contributed by atoms with Crippen molar-refractivity contribution in [3.05, 3.63) is 82.2 Å². The van der Waals surface area contributed by atoms with Gasteiger partial charge in [0.1, 0.15) is 12.2 Å². The molecule has 6 N–H and O–H groups in total. The van der Waals surface area contributed by atoms with Crippen LogP contribution in [0.5, 0.6) is 0 Å². The van der Waals surface area contributed by atoms with Crippen molar-refractivity contribution in [3.63, 3.8) is 0 Å². The van der Waals surface area contributed by atoms with Crippen LogP contribution in [-0.2, 0) is 22.3 Å². The number of anilines is 4. The number of carbonyl (C=O) groups excluding carboxylic acids is 4. The standard InChI is InChI=1S/2C21H26N4O3/c1-12(2)22-21(27)28-16-6-3-14(10-16)18-11-20(25-24-18)23-15-5-7-17-13(9-15)4-8-19(17)26;1-12(2)22-21(27)28-16-7-4-14(9-16)18-11-20(25-24-18)23-15-6-3-13-5-8-19(26)17(13)10-15/h5,7,9,11-12,14,16H,3-4,6,8,10H2,1-2H3,(H,22,27)(H2,23,24,25);3,6,10-12,14,16H,4-5,7-9H2,1-2H3,(H,22,27)(H2,23,24,25)/t2*14-,16+/m00/s1. The van der Waals surface area contributed by atoms with Crippen molar-refractivity contribution in [2.75, 3.05) is 10.6 Å². The van der Waals surface area contributed by atoms with Crippen molar-refractivity contribution in [1.82, 2.24) is 31.0 Å². The Morgan fingerprint density at radius 2 is 1.12 bits per heavy atom. The molecule has 2 aromatic carbocycles. The first kappa shape index (κ1) is 38.6. The molecule has 4 atom stereocenters. The van der Waals surface area contributed by atoms with Crippen molar-refractivity contribution in [2.24, 2.45) is 0 Å². The Balaban J connectivity index is 0.000000172. The Hall–Kier alpha value is -5.66. The minimum atomic E-state index is -0.348. The van der Waals surface area contributed by atoms with Gasteiger partial charge in [0.15, 0.2) is 23.2 Å². The number of carbonyl (C=O) groups is 4. The summed E-state index contributed by atoms with van der Waals surface area (Å²) in [6, 6.07) is 15.9. The Bertz CT molecular complexity index is 2070. The van der Waals surface area contributed by atoms with Crippen molar-refractivity contribution in [1.29, 1.82) is 0 Å². The van der Waals surface area contributed by atoms with Crippen molar-refractivity contribution >= 4 is 46.8 Å². The Kier molecular flexibility index (Phi) is 11.7.